The summed E-state index contributed by atoms with van der Waals surface area (Å²) in [4.78, 5) is 13.2. The number of allylic oxidation sites excluding steroid dienone is 3. The monoisotopic (exact) mass is 860 g/mol. The first-order valence-corrected chi connectivity index (χ1v) is 24.3. The molecule has 7 rings (SSSR count). The zero-order valence-corrected chi connectivity index (χ0v) is 39.7. The van der Waals surface area contributed by atoms with Crippen LogP contribution in [0.3, 0.4) is 0 Å². The summed E-state index contributed by atoms with van der Waals surface area (Å²) < 4.78 is 24.0. The molecule has 3 saturated carbocycles. The maximum Gasteiger partial charge on any atom is 0.407 e. The summed E-state index contributed by atoms with van der Waals surface area (Å²) in [5.41, 5.74) is 5.68. The third-order valence-electron chi connectivity index (χ3n) is 16.8. The lowest BCUT2D eigenvalue weighted by Crippen LogP contribution is -2.50. The van der Waals surface area contributed by atoms with Crippen LogP contribution < -0.4 is 14.8 Å². The molecule has 3 aromatic rings. The van der Waals surface area contributed by atoms with Crippen molar-refractivity contribution in [2.75, 3.05) is 27.4 Å². The fourth-order valence-corrected chi connectivity index (χ4v) is 13.0. The topological polar surface area (TPSA) is 86.3 Å². The highest BCUT2D eigenvalue weighted by Gasteiger charge is 2.59. The van der Waals surface area contributed by atoms with E-state index in [1.165, 1.54) is 50.5 Å². The van der Waals surface area contributed by atoms with Gasteiger partial charge >= 0.3 is 6.09 Å². The third-order valence-corrected chi connectivity index (χ3v) is 16.8. The number of rotatable bonds is 18. The fourth-order valence-electron chi connectivity index (χ4n) is 13.0. The Morgan fingerprint density at radius 1 is 0.857 bits per heavy atom. The van der Waals surface area contributed by atoms with Crippen molar-refractivity contribution < 1.29 is 28.8 Å². The Hall–Kier alpha value is -4.07. The number of fused-ring (bicyclic) bond motifs is 5. The van der Waals surface area contributed by atoms with E-state index < -0.39 is 17.8 Å². The van der Waals surface area contributed by atoms with Gasteiger partial charge in [0.25, 0.3) is 0 Å². The molecule has 7 heteroatoms. The Balaban J connectivity index is 0.914. The van der Waals surface area contributed by atoms with Gasteiger partial charge in [-0.15, -0.1) is 0 Å². The van der Waals surface area contributed by atoms with E-state index in [1.807, 2.05) is 66.7 Å². The van der Waals surface area contributed by atoms with Crippen LogP contribution >= 0.6 is 0 Å². The molecule has 6 unspecified atom stereocenters. The number of carbonyl (C=O) groups excluding carboxylic acids is 1. The van der Waals surface area contributed by atoms with Gasteiger partial charge in [0.2, 0.25) is 0 Å². The fraction of sp³-hybridized carbons (Fsp3) is 0.589. The molecular formula is C56H77NO6. The molecule has 7 nitrogen and oxygen atoms in total. The quantitative estimate of drug-likeness (QED) is 0.0979. The molecular weight excluding hydrogens is 783 g/mol. The number of alkyl carbamates (subject to hydrolysis) is 1. The normalized spacial score (nSPS) is 27.9. The highest BCUT2D eigenvalue weighted by atomic mass is 16.6. The minimum absolute atomic E-state index is 0.114. The number of nitrogens with one attached hydrogen (secondary N) is 1. The number of ether oxygens (including phenoxy) is 4. The van der Waals surface area contributed by atoms with Gasteiger partial charge in [-0.05, 0) is 158 Å². The molecule has 3 fully saturated rings. The summed E-state index contributed by atoms with van der Waals surface area (Å²) >= 11 is 0. The number of carbonyl (C=O) groups is 1. The predicted molar refractivity (Wildman–Crippen MR) is 254 cm³/mol. The van der Waals surface area contributed by atoms with Crippen molar-refractivity contribution in [1.29, 1.82) is 0 Å². The van der Waals surface area contributed by atoms with Gasteiger partial charge in [0, 0.05) is 13.0 Å². The average Bonchev–Trinajstić information content (AvgIpc) is 3.66. The van der Waals surface area contributed by atoms with Gasteiger partial charge in [-0.1, -0.05) is 119 Å². The van der Waals surface area contributed by atoms with E-state index in [4.69, 9.17) is 18.9 Å². The summed E-state index contributed by atoms with van der Waals surface area (Å²) in [6.07, 6.45) is 16.6. The third kappa shape index (κ3) is 9.81. The van der Waals surface area contributed by atoms with Crippen molar-refractivity contribution in [1.82, 2.24) is 5.32 Å². The molecule has 342 valence electrons. The SMILES string of the molecule is CCC(CC=C(C)C1CCC2C3CC=C4C[C@H](OC(=O)NCCC(O)CCOC(c5ccccc5)(c5ccc(OC)cc5)c5ccc(OC)cc5)CC[C@@]4(C)C3CC[C@@]12C)C(C)C. The Morgan fingerprint density at radius 3 is 2.13 bits per heavy atom. The van der Waals surface area contributed by atoms with Gasteiger partial charge in [0.15, 0.2) is 0 Å². The van der Waals surface area contributed by atoms with E-state index in [-0.39, 0.29) is 18.1 Å². The van der Waals surface area contributed by atoms with Gasteiger partial charge < -0.3 is 29.4 Å². The first-order chi connectivity index (χ1) is 30.4. The minimum atomic E-state index is -0.953. The number of hydrogen-bond donors (Lipinski definition) is 2. The Bertz CT molecular complexity index is 1960. The van der Waals surface area contributed by atoms with Gasteiger partial charge in [0.1, 0.15) is 23.2 Å². The molecule has 0 bridgehead atoms. The number of methoxy groups -OCH3 is 2. The second-order valence-electron chi connectivity index (χ2n) is 20.3. The average molecular weight is 860 g/mol. The van der Waals surface area contributed by atoms with E-state index in [9.17, 15) is 9.90 Å². The first kappa shape index (κ1) is 46.9. The zero-order valence-electron chi connectivity index (χ0n) is 39.7. The zero-order chi connectivity index (χ0) is 44.8. The van der Waals surface area contributed by atoms with E-state index in [1.54, 1.807) is 19.8 Å². The minimum Gasteiger partial charge on any atom is -0.497 e. The van der Waals surface area contributed by atoms with E-state index >= 15 is 0 Å². The number of hydrogen-bond acceptors (Lipinski definition) is 6. The van der Waals surface area contributed by atoms with E-state index in [0.717, 1.165) is 83.0 Å². The van der Waals surface area contributed by atoms with Gasteiger partial charge in [0.05, 0.1) is 26.9 Å². The Kier molecular flexibility index (Phi) is 15.2. The van der Waals surface area contributed by atoms with E-state index in [2.05, 4.69) is 71.1 Å². The lowest BCUT2D eigenvalue weighted by atomic mass is 9.47. The van der Waals surface area contributed by atoms with Crippen molar-refractivity contribution in [3.05, 3.63) is 119 Å². The summed E-state index contributed by atoms with van der Waals surface area (Å²) in [7, 11) is 3.32. The largest absolute Gasteiger partial charge is 0.497 e. The molecule has 0 spiro atoms. The molecule has 0 radical (unpaired) electrons. The van der Waals surface area contributed by atoms with Crippen LogP contribution in [-0.2, 0) is 15.1 Å². The number of aliphatic hydroxyl groups excluding tert-OH is 1. The van der Waals surface area contributed by atoms with Crippen molar-refractivity contribution in [3.63, 3.8) is 0 Å². The summed E-state index contributed by atoms with van der Waals surface area (Å²) in [6, 6.07) is 26.0. The molecule has 4 aliphatic rings. The molecule has 0 heterocycles. The van der Waals surface area contributed by atoms with Crippen molar-refractivity contribution >= 4 is 6.09 Å². The van der Waals surface area contributed by atoms with Crippen LogP contribution in [0.25, 0.3) is 0 Å². The van der Waals surface area contributed by atoms with Crippen LogP contribution in [0.4, 0.5) is 4.79 Å². The van der Waals surface area contributed by atoms with Crippen LogP contribution in [-0.4, -0.2) is 50.8 Å². The molecule has 1 amide bonds. The summed E-state index contributed by atoms with van der Waals surface area (Å²) in [6.45, 7) is 15.3. The standard InChI is InChI=1S/C56H77NO6/c1-9-40(38(2)3)16-15-39(4)50-27-28-51-49-26-21-44-37-48(29-33-54(44,5)52(49)30-34-55(50,51)6)63-53(59)57-35-31-45(58)32-36-62-56(41-13-11-10-12-14-41,42-17-22-46(60-7)23-18-42)43-19-24-47(61-8)25-20-43/h10-15,17-25,38,40,45,48-52,58H,9,16,26-37H2,1-8H3,(H,57,59)/t40?,45?,48-,49?,50?,51?,52?,54-,55+/m1/s1. The molecule has 9 atom stereocenters. The lowest BCUT2D eigenvalue weighted by Gasteiger charge is -2.58. The Labute approximate surface area is 379 Å². The van der Waals surface area contributed by atoms with Gasteiger partial charge in [-0.2, -0.15) is 0 Å². The van der Waals surface area contributed by atoms with Crippen LogP contribution in [0.1, 0.15) is 135 Å². The van der Waals surface area contributed by atoms with Gasteiger partial charge in [-0.3, -0.25) is 0 Å². The molecule has 0 aromatic heterocycles. The maximum absolute atomic E-state index is 13.2. The molecule has 2 N–H and O–H groups in total. The van der Waals surface area contributed by atoms with Crippen molar-refractivity contribution in [2.45, 2.75) is 136 Å². The molecule has 0 saturated heterocycles. The number of amides is 1. The number of aliphatic hydroxyl groups is 1. The smallest absolute Gasteiger partial charge is 0.407 e. The van der Waals surface area contributed by atoms with Crippen LogP contribution in [0.15, 0.2) is 102 Å². The van der Waals surface area contributed by atoms with Crippen LogP contribution in [0, 0.1) is 46.3 Å². The first-order valence-electron chi connectivity index (χ1n) is 24.3. The lowest BCUT2D eigenvalue weighted by molar-refractivity contribution is -0.0467. The van der Waals surface area contributed by atoms with Crippen molar-refractivity contribution in [2.24, 2.45) is 46.3 Å². The predicted octanol–water partition coefficient (Wildman–Crippen LogP) is 12.8. The summed E-state index contributed by atoms with van der Waals surface area (Å²) in [5.74, 6) is 6.02. The molecule has 3 aromatic carbocycles. The highest BCUT2D eigenvalue weighted by Crippen LogP contribution is 2.67. The molecule has 63 heavy (non-hydrogen) atoms. The Morgan fingerprint density at radius 2 is 1.51 bits per heavy atom. The summed E-state index contributed by atoms with van der Waals surface area (Å²) in [5, 5.41) is 14.1. The van der Waals surface area contributed by atoms with Crippen LogP contribution in [0.2, 0.25) is 0 Å². The molecule has 4 aliphatic carbocycles. The number of benzene rings is 3. The molecule has 0 aliphatic heterocycles. The van der Waals surface area contributed by atoms with E-state index in [0.29, 0.717) is 24.8 Å². The maximum atomic E-state index is 13.2. The van der Waals surface area contributed by atoms with Gasteiger partial charge in [-0.25, -0.2) is 4.79 Å². The second kappa shape index (κ2) is 20.4. The van der Waals surface area contributed by atoms with Crippen LogP contribution in [0.5, 0.6) is 11.5 Å². The van der Waals surface area contributed by atoms with Crippen molar-refractivity contribution in [3.8, 4) is 11.5 Å². The second-order valence-corrected chi connectivity index (χ2v) is 20.3. The highest BCUT2D eigenvalue weighted by molar-refractivity contribution is 5.67.